The van der Waals surface area contributed by atoms with Crippen molar-refractivity contribution in [3.63, 3.8) is 0 Å². The Morgan fingerprint density at radius 1 is 1.20 bits per heavy atom. The van der Waals surface area contributed by atoms with Crippen LogP contribution < -0.4 is 10.2 Å². The molecule has 5 rings (SSSR count). The minimum atomic E-state index is 0.222. The van der Waals surface area contributed by atoms with E-state index in [2.05, 4.69) is 43.4 Å². The quantitative estimate of drug-likeness (QED) is 0.703. The van der Waals surface area contributed by atoms with E-state index in [1.165, 1.54) is 29.9 Å². The summed E-state index contributed by atoms with van der Waals surface area (Å²) in [5.74, 6) is 0.635. The van der Waals surface area contributed by atoms with Crippen LogP contribution in [0.2, 0.25) is 5.28 Å². The molecule has 2 aliphatic rings. The molecule has 2 aromatic heterocycles. The molecule has 6 nitrogen and oxygen atoms in total. The van der Waals surface area contributed by atoms with E-state index in [1.54, 1.807) is 5.51 Å². The molecule has 2 unspecified atom stereocenters. The molecule has 2 aliphatic heterocycles. The van der Waals surface area contributed by atoms with E-state index >= 15 is 0 Å². The van der Waals surface area contributed by atoms with Crippen LogP contribution in [0.4, 0.5) is 17.2 Å². The van der Waals surface area contributed by atoms with Crippen LogP contribution in [-0.4, -0.2) is 40.2 Å². The molecule has 0 amide bonds. The maximum Gasteiger partial charge on any atom is 0.225 e. The zero-order valence-corrected chi connectivity index (χ0v) is 14.9. The van der Waals surface area contributed by atoms with Crippen LogP contribution in [0, 0.1) is 0 Å². The minimum absolute atomic E-state index is 0.222. The summed E-state index contributed by atoms with van der Waals surface area (Å²) in [6.45, 7) is 1.91. The van der Waals surface area contributed by atoms with Crippen molar-refractivity contribution in [2.45, 2.75) is 25.0 Å². The van der Waals surface area contributed by atoms with Crippen molar-refractivity contribution in [3.8, 4) is 0 Å². The fourth-order valence-electron chi connectivity index (χ4n) is 3.57. The molecule has 4 heterocycles. The van der Waals surface area contributed by atoms with E-state index in [9.17, 15) is 0 Å². The zero-order chi connectivity index (χ0) is 16.8. The Bertz CT molecular complexity index is 920. The molecule has 8 heteroatoms. The van der Waals surface area contributed by atoms with Crippen LogP contribution in [0.5, 0.6) is 0 Å². The van der Waals surface area contributed by atoms with Gasteiger partial charge in [0.25, 0.3) is 0 Å². The Morgan fingerprint density at radius 3 is 2.88 bits per heavy atom. The lowest BCUT2D eigenvalue weighted by molar-refractivity contribution is 0.0305. The average molecular weight is 374 g/mol. The molecule has 3 aromatic rings. The highest BCUT2D eigenvalue weighted by atomic mass is 35.5. The summed E-state index contributed by atoms with van der Waals surface area (Å²) in [6.07, 6.45) is 3.07. The minimum Gasteiger partial charge on any atom is -0.371 e. The Balaban J connectivity index is 1.44. The molecule has 128 valence electrons. The van der Waals surface area contributed by atoms with E-state index in [0.717, 1.165) is 29.1 Å². The number of fused-ring (bicyclic) bond motifs is 3. The van der Waals surface area contributed by atoms with Gasteiger partial charge in [-0.2, -0.15) is 4.98 Å². The number of hydrogen-bond acceptors (Lipinski definition) is 7. The number of ether oxygens (including phenoxy) is 1. The van der Waals surface area contributed by atoms with Gasteiger partial charge in [0.15, 0.2) is 10.6 Å². The van der Waals surface area contributed by atoms with E-state index in [1.807, 2.05) is 6.07 Å². The SMILES string of the molecule is Clc1nc(Nc2cccc(N3CC4CCC(C3)O4)c2)c2ncsc2n1. The first kappa shape index (κ1) is 15.3. The number of anilines is 3. The van der Waals surface area contributed by atoms with Crippen LogP contribution in [0.3, 0.4) is 0 Å². The lowest BCUT2D eigenvalue weighted by Gasteiger charge is -2.34. The van der Waals surface area contributed by atoms with Gasteiger partial charge in [-0.1, -0.05) is 6.07 Å². The topological polar surface area (TPSA) is 63.2 Å². The summed E-state index contributed by atoms with van der Waals surface area (Å²) in [5, 5.41) is 3.56. The number of benzene rings is 1. The smallest absolute Gasteiger partial charge is 0.225 e. The van der Waals surface area contributed by atoms with Gasteiger partial charge in [-0.15, -0.1) is 11.3 Å². The molecule has 1 aromatic carbocycles. The summed E-state index contributed by atoms with van der Waals surface area (Å²) >= 11 is 7.48. The molecular formula is C17H16ClN5OS. The standard InChI is InChI=1S/C17H16ClN5OS/c18-17-21-15(14-16(22-17)25-9-19-14)20-10-2-1-3-11(6-10)23-7-12-4-5-13(8-23)24-12/h1-3,6,9,12-13H,4-5,7-8H2,(H,20,21,22). The fourth-order valence-corrected chi connectivity index (χ4v) is 4.44. The number of morpholine rings is 1. The van der Waals surface area contributed by atoms with Gasteiger partial charge in [-0.3, -0.25) is 0 Å². The molecule has 2 bridgehead atoms. The Hall–Kier alpha value is -1.96. The van der Waals surface area contributed by atoms with Crippen LogP contribution in [0.15, 0.2) is 29.8 Å². The molecule has 0 saturated carbocycles. The lowest BCUT2D eigenvalue weighted by Crippen LogP contribution is -2.42. The number of rotatable bonds is 3. The first-order valence-corrected chi connectivity index (χ1v) is 9.54. The second kappa shape index (κ2) is 6.09. The fraction of sp³-hybridized carbons (Fsp3) is 0.353. The van der Waals surface area contributed by atoms with Crippen LogP contribution in [-0.2, 0) is 4.74 Å². The number of hydrogen-bond donors (Lipinski definition) is 1. The third-order valence-electron chi connectivity index (χ3n) is 4.69. The van der Waals surface area contributed by atoms with E-state index < -0.39 is 0 Å². The Kier molecular flexibility index (Phi) is 3.73. The van der Waals surface area contributed by atoms with Crippen LogP contribution in [0.25, 0.3) is 10.3 Å². The van der Waals surface area contributed by atoms with Gasteiger partial charge in [-0.05, 0) is 42.6 Å². The lowest BCUT2D eigenvalue weighted by atomic mass is 10.2. The van der Waals surface area contributed by atoms with Gasteiger partial charge < -0.3 is 15.0 Å². The maximum absolute atomic E-state index is 6.03. The van der Waals surface area contributed by atoms with Crippen molar-refractivity contribution in [2.24, 2.45) is 0 Å². The summed E-state index contributed by atoms with van der Waals surface area (Å²) in [5.41, 5.74) is 4.64. The molecule has 25 heavy (non-hydrogen) atoms. The van der Waals surface area contributed by atoms with Crippen molar-refractivity contribution in [1.29, 1.82) is 0 Å². The van der Waals surface area contributed by atoms with Gasteiger partial charge in [0, 0.05) is 24.5 Å². The number of nitrogens with one attached hydrogen (secondary N) is 1. The Labute approximate surface area is 153 Å². The summed E-state index contributed by atoms with van der Waals surface area (Å²) in [4.78, 5) is 16.0. The highest BCUT2D eigenvalue weighted by molar-refractivity contribution is 7.16. The summed E-state index contributed by atoms with van der Waals surface area (Å²) in [7, 11) is 0. The van der Waals surface area contributed by atoms with E-state index in [-0.39, 0.29) is 5.28 Å². The molecular weight excluding hydrogens is 358 g/mol. The molecule has 1 N–H and O–H groups in total. The van der Waals surface area contributed by atoms with Gasteiger partial charge in [0.2, 0.25) is 5.28 Å². The predicted molar refractivity (Wildman–Crippen MR) is 100 cm³/mol. The van der Waals surface area contributed by atoms with E-state index in [0.29, 0.717) is 18.0 Å². The summed E-state index contributed by atoms with van der Waals surface area (Å²) < 4.78 is 5.93. The second-order valence-corrected chi connectivity index (χ2v) is 7.56. The third-order valence-corrected chi connectivity index (χ3v) is 5.58. The predicted octanol–water partition coefficient (Wildman–Crippen LogP) is 3.85. The first-order valence-electron chi connectivity index (χ1n) is 8.29. The number of thiazole rings is 1. The van der Waals surface area contributed by atoms with Crippen molar-refractivity contribution < 1.29 is 4.74 Å². The van der Waals surface area contributed by atoms with Crippen molar-refractivity contribution in [2.75, 3.05) is 23.3 Å². The molecule has 2 saturated heterocycles. The van der Waals surface area contributed by atoms with E-state index in [4.69, 9.17) is 16.3 Å². The number of aromatic nitrogens is 3. The largest absolute Gasteiger partial charge is 0.371 e. The van der Waals surface area contributed by atoms with Crippen LogP contribution in [0.1, 0.15) is 12.8 Å². The first-order chi connectivity index (χ1) is 12.2. The van der Waals surface area contributed by atoms with Crippen molar-refractivity contribution >= 4 is 50.5 Å². The van der Waals surface area contributed by atoms with Gasteiger partial charge in [0.1, 0.15) is 5.52 Å². The second-order valence-electron chi connectivity index (χ2n) is 6.39. The number of halogens is 1. The maximum atomic E-state index is 6.03. The van der Waals surface area contributed by atoms with Crippen molar-refractivity contribution in [1.82, 2.24) is 15.0 Å². The molecule has 2 fully saturated rings. The zero-order valence-electron chi connectivity index (χ0n) is 13.4. The molecule has 0 aliphatic carbocycles. The van der Waals surface area contributed by atoms with Gasteiger partial charge >= 0.3 is 0 Å². The van der Waals surface area contributed by atoms with Gasteiger partial charge in [0.05, 0.1) is 17.7 Å². The highest BCUT2D eigenvalue weighted by Gasteiger charge is 2.33. The Morgan fingerprint density at radius 2 is 2.04 bits per heavy atom. The third kappa shape index (κ3) is 2.92. The summed E-state index contributed by atoms with van der Waals surface area (Å²) in [6, 6.07) is 8.35. The normalized spacial score (nSPS) is 22.5. The van der Waals surface area contributed by atoms with Crippen LogP contribution >= 0.6 is 22.9 Å². The molecule has 0 radical (unpaired) electrons. The average Bonchev–Trinajstić information content (AvgIpc) is 3.21. The molecule has 0 spiro atoms. The number of nitrogens with zero attached hydrogens (tertiary/aromatic N) is 4. The van der Waals surface area contributed by atoms with Crippen molar-refractivity contribution in [3.05, 3.63) is 35.1 Å². The monoisotopic (exact) mass is 373 g/mol. The highest BCUT2D eigenvalue weighted by Crippen LogP contribution is 2.32. The van der Waals surface area contributed by atoms with Gasteiger partial charge in [-0.25, -0.2) is 9.97 Å². The molecule has 2 atom stereocenters.